The number of nitrogens with one attached hydrogen (secondary N) is 2. The zero-order chi connectivity index (χ0) is 10.7. The van der Waals surface area contributed by atoms with Gasteiger partial charge in [-0.05, 0) is 43.1 Å². The van der Waals surface area contributed by atoms with Gasteiger partial charge in [0.2, 0.25) is 0 Å². The smallest absolute Gasteiger partial charge is 0.0211 e. The van der Waals surface area contributed by atoms with E-state index >= 15 is 0 Å². The van der Waals surface area contributed by atoms with Crippen LogP contribution >= 0.6 is 15.9 Å². The Morgan fingerprint density at radius 2 is 2.40 bits per heavy atom. The van der Waals surface area contributed by atoms with E-state index in [1.54, 1.807) is 0 Å². The van der Waals surface area contributed by atoms with Gasteiger partial charge in [0.25, 0.3) is 0 Å². The zero-order valence-corrected chi connectivity index (χ0v) is 10.6. The van der Waals surface area contributed by atoms with E-state index in [0.717, 1.165) is 24.1 Å². The second-order valence-corrected chi connectivity index (χ2v) is 5.06. The Kier molecular flexibility index (Phi) is 3.78. The van der Waals surface area contributed by atoms with Crippen molar-refractivity contribution in [2.45, 2.75) is 25.9 Å². The van der Waals surface area contributed by atoms with E-state index in [1.807, 2.05) is 0 Å². The molecule has 1 atom stereocenters. The Labute approximate surface area is 99.6 Å². The van der Waals surface area contributed by atoms with E-state index in [1.165, 1.54) is 17.5 Å². The van der Waals surface area contributed by atoms with Crippen molar-refractivity contribution in [3.05, 3.63) is 33.8 Å². The Morgan fingerprint density at radius 3 is 3.13 bits per heavy atom. The summed E-state index contributed by atoms with van der Waals surface area (Å²) in [5.74, 6) is 0. The molecule has 0 saturated carbocycles. The van der Waals surface area contributed by atoms with Crippen molar-refractivity contribution >= 4 is 15.9 Å². The first-order valence-electron chi connectivity index (χ1n) is 5.45. The molecule has 0 radical (unpaired) electrons. The fourth-order valence-electron chi connectivity index (χ4n) is 1.91. The summed E-state index contributed by atoms with van der Waals surface area (Å²) in [5.41, 5.74) is 2.74. The minimum absolute atomic E-state index is 0.642. The van der Waals surface area contributed by atoms with E-state index in [2.05, 4.69) is 51.7 Å². The molecular weight excluding hydrogens is 252 g/mol. The Bertz CT molecular complexity index is 332. The highest BCUT2D eigenvalue weighted by Crippen LogP contribution is 2.16. The Morgan fingerprint density at radius 1 is 1.53 bits per heavy atom. The van der Waals surface area contributed by atoms with Crippen LogP contribution in [0.5, 0.6) is 0 Å². The summed E-state index contributed by atoms with van der Waals surface area (Å²) in [4.78, 5) is 0. The van der Waals surface area contributed by atoms with Crippen molar-refractivity contribution in [2.75, 3.05) is 13.1 Å². The van der Waals surface area contributed by atoms with Crippen LogP contribution in [0.15, 0.2) is 22.7 Å². The lowest BCUT2D eigenvalue weighted by Gasteiger charge is -2.13. The SMILES string of the molecule is Cc1ccc(Br)cc1CNC1CCNC1. The van der Waals surface area contributed by atoms with Crippen LogP contribution in [0.25, 0.3) is 0 Å². The van der Waals surface area contributed by atoms with E-state index in [-0.39, 0.29) is 0 Å². The molecule has 82 valence electrons. The summed E-state index contributed by atoms with van der Waals surface area (Å²) in [6.45, 7) is 5.39. The molecule has 0 spiro atoms. The molecule has 0 bridgehead atoms. The van der Waals surface area contributed by atoms with E-state index < -0.39 is 0 Å². The largest absolute Gasteiger partial charge is 0.315 e. The summed E-state index contributed by atoms with van der Waals surface area (Å²) in [6, 6.07) is 7.10. The van der Waals surface area contributed by atoms with Crippen molar-refractivity contribution in [3.8, 4) is 0 Å². The third-order valence-electron chi connectivity index (χ3n) is 2.95. The van der Waals surface area contributed by atoms with Crippen molar-refractivity contribution in [1.29, 1.82) is 0 Å². The predicted molar refractivity (Wildman–Crippen MR) is 67.0 cm³/mol. The molecule has 0 aromatic heterocycles. The Balaban J connectivity index is 1.94. The highest BCUT2D eigenvalue weighted by atomic mass is 79.9. The maximum atomic E-state index is 3.58. The van der Waals surface area contributed by atoms with Crippen LogP contribution in [0.4, 0.5) is 0 Å². The number of benzene rings is 1. The molecule has 2 nitrogen and oxygen atoms in total. The number of aryl methyl sites for hydroxylation is 1. The molecule has 1 aliphatic heterocycles. The normalized spacial score (nSPS) is 20.8. The molecule has 1 aromatic rings. The van der Waals surface area contributed by atoms with Crippen LogP contribution in [-0.2, 0) is 6.54 Å². The first kappa shape index (κ1) is 11.1. The van der Waals surface area contributed by atoms with Gasteiger partial charge in [-0.15, -0.1) is 0 Å². The molecule has 0 amide bonds. The van der Waals surface area contributed by atoms with Crippen LogP contribution in [0.1, 0.15) is 17.5 Å². The average Bonchev–Trinajstić information content (AvgIpc) is 2.72. The summed E-state index contributed by atoms with van der Waals surface area (Å²) in [7, 11) is 0. The van der Waals surface area contributed by atoms with Crippen molar-refractivity contribution < 1.29 is 0 Å². The minimum atomic E-state index is 0.642. The van der Waals surface area contributed by atoms with Crippen molar-refractivity contribution in [1.82, 2.24) is 10.6 Å². The number of hydrogen-bond donors (Lipinski definition) is 2. The van der Waals surface area contributed by atoms with Crippen LogP contribution in [-0.4, -0.2) is 19.1 Å². The minimum Gasteiger partial charge on any atom is -0.315 e. The van der Waals surface area contributed by atoms with Gasteiger partial charge in [0.05, 0.1) is 0 Å². The second-order valence-electron chi connectivity index (χ2n) is 4.14. The van der Waals surface area contributed by atoms with Crippen LogP contribution in [0, 0.1) is 6.92 Å². The summed E-state index contributed by atoms with van der Waals surface area (Å²) < 4.78 is 1.16. The van der Waals surface area contributed by atoms with Crippen molar-refractivity contribution in [3.63, 3.8) is 0 Å². The fourth-order valence-corrected chi connectivity index (χ4v) is 2.32. The molecule has 15 heavy (non-hydrogen) atoms. The maximum Gasteiger partial charge on any atom is 0.0211 e. The lowest BCUT2D eigenvalue weighted by atomic mass is 10.1. The monoisotopic (exact) mass is 268 g/mol. The van der Waals surface area contributed by atoms with Gasteiger partial charge in [0.1, 0.15) is 0 Å². The average molecular weight is 269 g/mol. The predicted octanol–water partition coefficient (Wildman–Crippen LogP) is 2.21. The Hall–Kier alpha value is -0.380. The van der Waals surface area contributed by atoms with Crippen LogP contribution in [0.3, 0.4) is 0 Å². The van der Waals surface area contributed by atoms with Gasteiger partial charge in [-0.1, -0.05) is 22.0 Å². The summed E-state index contributed by atoms with van der Waals surface area (Å²) >= 11 is 3.51. The number of rotatable bonds is 3. The molecule has 3 heteroatoms. The van der Waals surface area contributed by atoms with E-state index in [9.17, 15) is 0 Å². The highest BCUT2D eigenvalue weighted by Gasteiger charge is 2.13. The molecule has 1 aliphatic rings. The first-order valence-corrected chi connectivity index (χ1v) is 6.24. The number of hydrogen-bond acceptors (Lipinski definition) is 2. The van der Waals surface area contributed by atoms with Crippen LogP contribution < -0.4 is 10.6 Å². The number of halogens is 1. The second kappa shape index (κ2) is 5.10. The zero-order valence-electron chi connectivity index (χ0n) is 9.02. The van der Waals surface area contributed by atoms with E-state index in [4.69, 9.17) is 0 Å². The summed E-state index contributed by atoms with van der Waals surface area (Å²) in [6.07, 6.45) is 1.24. The highest BCUT2D eigenvalue weighted by molar-refractivity contribution is 9.10. The van der Waals surface area contributed by atoms with Gasteiger partial charge in [0.15, 0.2) is 0 Å². The molecule has 1 unspecified atom stereocenters. The molecule has 1 fully saturated rings. The van der Waals surface area contributed by atoms with Gasteiger partial charge < -0.3 is 10.6 Å². The van der Waals surface area contributed by atoms with Gasteiger partial charge in [0, 0.05) is 23.6 Å². The van der Waals surface area contributed by atoms with Gasteiger partial charge >= 0.3 is 0 Å². The van der Waals surface area contributed by atoms with Crippen molar-refractivity contribution in [2.24, 2.45) is 0 Å². The van der Waals surface area contributed by atoms with Crippen LogP contribution in [0.2, 0.25) is 0 Å². The molecular formula is C12H17BrN2. The molecule has 2 rings (SSSR count). The van der Waals surface area contributed by atoms with Gasteiger partial charge in [-0.25, -0.2) is 0 Å². The topological polar surface area (TPSA) is 24.1 Å². The molecule has 2 N–H and O–H groups in total. The lowest BCUT2D eigenvalue weighted by molar-refractivity contribution is 0.546. The van der Waals surface area contributed by atoms with Gasteiger partial charge in [-0.2, -0.15) is 0 Å². The third-order valence-corrected chi connectivity index (χ3v) is 3.45. The van der Waals surface area contributed by atoms with E-state index in [0.29, 0.717) is 6.04 Å². The lowest BCUT2D eigenvalue weighted by Crippen LogP contribution is -2.30. The molecule has 1 heterocycles. The standard InChI is InChI=1S/C12H17BrN2/c1-9-2-3-11(13)6-10(9)7-15-12-4-5-14-8-12/h2-3,6,12,14-15H,4-5,7-8H2,1H3. The fraction of sp³-hybridized carbons (Fsp3) is 0.500. The molecule has 0 aliphatic carbocycles. The third kappa shape index (κ3) is 3.03. The molecule has 1 saturated heterocycles. The first-order chi connectivity index (χ1) is 7.25. The summed E-state index contributed by atoms with van der Waals surface area (Å²) in [5, 5.41) is 6.95. The maximum absolute atomic E-state index is 3.58. The quantitative estimate of drug-likeness (QED) is 0.879. The molecule has 1 aromatic carbocycles. The van der Waals surface area contributed by atoms with Gasteiger partial charge in [-0.3, -0.25) is 0 Å².